The van der Waals surface area contributed by atoms with E-state index in [0.717, 1.165) is 28.8 Å². The highest BCUT2D eigenvalue weighted by molar-refractivity contribution is 9.10. The maximum atomic E-state index is 11.8. The summed E-state index contributed by atoms with van der Waals surface area (Å²) in [6, 6.07) is 6.03. The number of anilines is 1. The highest BCUT2D eigenvalue weighted by Gasteiger charge is 2.26. The van der Waals surface area contributed by atoms with Crippen molar-refractivity contribution in [1.82, 2.24) is 4.90 Å². The van der Waals surface area contributed by atoms with Gasteiger partial charge in [0.15, 0.2) is 0 Å². The monoisotopic (exact) mass is 282 g/mol. The Balaban J connectivity index is 2.19. The number of halogens is 1. The van der Waals surface area contributed by atoms with Gasteiger partial charge < -0.3 is 9.80 Å². The average Bonchev–Trinajstić information content (AvgIpc) is 2.50. The van der Waals surface area contributed by atoms with Crippen LogP contribution < -0.4 is 4.90 Å². The minimum absolute atomic E-state index is 0.204. The first-order chi connectivity index (χ1) is 7.58. The van der Waals surface area contributed by atoms with Gasteiger partial charge in [0.2, 0.25) is 5.91 Å². The molecule has 0 bridgehead atoms. The Morgan fingerprint density at radius 1 is 1.44 bits per heavy atom. The molecule has 1 heterocycles. The summed E-state index contributed by atoms with van der Waals surface area (Å²) in [5, 5.41) is 0. The molecule has 16 heavy (non-hydrogen) atoms. The molecule has 0 aromatic heterocycles. The zero-order valence-corrected chi connectivity index (χ0v) is 11.1. The molecule has 0 radical (unpaired) electrons. The minimum atomic E-state index is 0.204. The Morgan fingerprint density at radius 2 is 2.19 bits per heavy atom. The molecule has 1 aliphatic heterocycles. The summed E-state index contributed by atoms with van der Waals surface area (Å²) in [5.74, 6) is 0.204. The van der Waals surface area contributed by atoms with E-state index in [9.17, 15) is 4.79 Å². The number of fused-ring (bicyclic) bond motifs is 1. The molecule has 0 fully saturated rings. The van der Waals surface area contributed by atoms with Crippen molar-refractivity contribution in [1.29, 1.82) is 0 Å². The summed E-state index contributed by atoms with van der Waals surface area (Å²) in [5.41, 5.74) is 2.19. The van der Waals surface area contributed by atoms with Crippen LogP contribution in [0.15, 0.2) is 22.7 Å². The minimum Gasteiger partial charge on any atom is -0.311 e. The van der Waals surface area contributed by atoms with Crippen molar-refractivity contribution in [3.63, 3.8) is 0 Å². The average molecular weight is 283 g/mol. The lowest BCUT2D eigenvalue weighted by molar-refractivity contribution is -0.117. The first-order valence-electron chi connectivity index (χ1n) is 5.31. The zero-order valence-electron chi connectivity index (χ0n) is 9.53. The van der Waals surface area contributed by atoms with E-state index in [1.54, 1.807) is 0 Å². The van der Waals surface area contributed by atoms with Gasteiger partial charge in [0.25, 0.3) is 0 Å². The quantitative estimate of drug-likeness (QED) is 0.846. The molecule has 0 aliphatic carbocycles. The van der Waals surface area contributed by atoms with E-state index in [0.29, 0.717) is 6.42 Å². The summed E-state index contributed by atoms with van der Waals surface area (Å²) in [6.45, 7) is 1.65. The molecule has 0 atom stereocenters. The molecule has 0 spiro atoms. The summed E-state index contributed by atoms with van der Waals surface area (Å²) >= 11 is 3.43. The molecule has 0 saturated heterocycles. The second-order valence-corrected chi connectivity index (χ2v) is 5.21. The normalized spacial score (nSPS) is 14.8. The maximum absolute atomic E-state index is 11.8. The molecular weight excluding hydrogens is 268 g/mol. The molecule has 1 aliphatic rings. The van der Waals surface area contributed by atoms with E-state index in [-0.39, 0.29) is 5.91 Å². The number of hydrogen-bond donors (Lipinski definition) is 0. The van der Waals surface area contributed by atoms with Gasteiger partial charge in [-0.15, -0.1) is 0 Å². The van der Waals surface area contributed by atoms with Gasteiger partial charge in [-0.2, -0.15) is 0 Å². The SMILES string of the molecule is CN(C)CCN1C(=O)Cc2cc(Br)ccc21. The fourth-order valence-corrected chi connectivity index (χ4v) is 2.31. The topological polar surface area (TPSA) is 23.6 Å². The summed E-state index contributed by atoms with van der Waals surface area (Å²) in [7, 11) is 4.03. The van der Waals surface area contributed by atoms with Crippen LogP contribution in [0.4, 0.5) is 5.69 Å². The Hall–Kier alpha value is -0.870. The predicted molar refractivity (Wildman–Crippen MR) is 68.8 cm³/mol. The highest BCUT2D eigenvalue weighted by atomic mass is 79.9. The standard InChI is InChI=1S/C12H15BrN2O/c1-14(2)5-6-15-11-4-3-10(13)7-9(11)8-12(15)16/h3-4,7H,5-6,8H2,1-2H3. The third kappa shape index (κ3) is 2.28. The molecule has 2 rings (SSSR count). The van der Waals surface area contributed by atoms with E-state index in [1.165, 1.54) is 0 Å². The second kappa shape index (κ2) is 4.55. The van der Waals surface area contributed by atoms with Crippen molar-refractivity contribution in [3.8, 4) is 0 Å². The number of carbonyl (C=O) groups excluding carboxylic acids is 1. The highest BCUT2D eigenvalue weighted by Crippen LogP contribution is 2.30. The van der Waals surface area contributed by atoms with Crippen molar-refractivity contribution in [2.24, 2.45) is 0 Å². The van der Waals surface area contributed by atoms with Crippen LogP contribution in [-0.4, -0.2) is 38.0 Å². The van der Waals surface area contributed by atoms with E-state index < -0.39 is 0 Å². The van der Waals surface area contributed by atoms with Gasteiger partial charge in [-0.3, -0.25) is 4.79 Å². The van der Waals surface area contributed by atoms with E-state index in [4.69, 9.17) is 0 Å². The van der Waals surface area contributed by atoms with Crippen LogP contribution in [0, 0.1) is 0 Å². The first-order valence-corrected chi connectivity index (χ1v) is 6.11. The number of carbonyl (C=O) groups is 1. The number of likely N-dealkylation sites (N-methyl/N-ethyl adjacent to an activating group) is 1. The molecule has 0 N–H and O–H groups in total. The third-order valence-electron chi connectivity index (χ3n) is 2.75. The predicted octanol–water partition coefficient (Wildman–Crippen LogP) is 1.90. The first kappa shape index (κ1) is 11.6. The summed E-state index contributed by atoms with van der Waals surface area (Å²) in [6.07, 6.45) is 0.530. The molecule has 0 saturated carbocycles. The van der Waals surface area contributed by atoms with Gasteiger partial charge in [-0.25, -0.2) is 0 Å². The molecular formula is C12H15BrN2O. The number of rotatable bonds is 3. The van der Waals surface area contributed by atoms with Gasteiger partial charge in [0, 0.05) is 23.2 Å². The van der Waals surface area contributed by atoms with Crippen LogP contribution in [0.1, 0.15) is 5.56 Å². The number of amides is 1. The second-order valence-electron chi connectivity index (χ2n) is 4.30. The van der Waals surface area contributed by atoms with Crippen LogP contribution >= 0.6 is 15.9 Å². The Labute approximate surface area is 104 Å². The lowest BCUT2D eigenvalue weighted by Crippen LogP contribution is -2.33. The third-order valence-corrected chi connectivity index (χ3v) is 3.24. The molecule has 3 nitrogen and oxygen atoms in total. The molecule has 1 aromatic rings. The van der Waals surface area contributed by atoms with Gasteiger partial charge in [-0.05, 0) is 37.9 Å². The van der Waals surface area contributed by atoms with Crippen molar-refractivity contribution in [3.05, 3.63) is 28.2 Å². The molecule has 86 valence electrons. The number of benzene rings is 1. The Morgan fingerprint density at radius 3 is 2.88 bits per heavy atom. The van der Waals surface area contributed by atoms with Crippen LogP contribution in [0.2, 0.25) is 0 Å². The Bertz CT molecular complexity index is 417. The summed E-state index contributed by atoms with van der Waals surface area (Å²) < 4.78 is 1.04. The van der Waals surface area contributed by atoms with Gasteiger partial charge in [0.05, 0.1) is 6.42 Å². The lowest BCUT2D eigenvalue weighted by atomic mass is 10.2. The molecule has 4 heteroatoms. The van der Waals surface area contributed by atoms with Crippen LogP contribution in [-0.2, 0) is 11.2 Å². The van der Waals surface area contributed by atoms with Crippen molar-refractivity contribution < 1.29 is 4.79 Å². The van der Waals surface area contributed by atoms with Crippen molar-refractivity contribution in [2.75, 3.05) is 32.1 Å². The number of nitrogens with zero attached hydrogens (tertiary/aromatic N) is 2. The molecule has 1 amide bonds. The van der Waals surface area contributed by atoms with Crippen molar-refractivity contribution in [2.45, 2.75) is 6.42 Å². The fourth-order valence-electron chi connectivity index (χ4n) is 1.90. The summed E-state index contributed by atoms with van der Waals surface area (Å²) in [4.78, 5) is 15.8. The van der Waals surface area contributed by atoms with Crippen LogP contribution in [0.5, 0.6) is 0 Å². The van der Waals surface area contributed by atoms with Gasteiger partial charge in [0.1, 0.15) is 0 Å². The maximum Gasteiger partial charge on any atom is 0.231 e. The van der Waals surface area contributed by atoms with E-state index >= 15 is 0 Å². The fraction of sp³-hybridized carbons (Fsp3) is 0.417. The van der Waals surface area contributed by atoms with Gasteiger partial charge >= 0.3 is 0 Å². The number of hydrogen-bond acceptors (Lipinski definition) is 2. The van der Waals surface area contributed by atoms with Crippen LogP contribution in [0.3, 0.4) is 0 Å². The van der Waals surface area contributed by atoms with E-state index in [1.807, 2.05) is 37.2 Å². The van der Waals surface area contributed by atoms with Gasteiger partial charge in [-0.1, -0.05) is 15.9 Å². The Kier molecular flexibility index (Phi) is 3.30. The van der Waals surface area contributed by atoms with Crippen LogP contribution in [0.25, 0.3) is 0 Å². The lowest BCUT2D eigenvalue weighted by Gasteiger charge is -2.19. The van der Waals surface area contributed by atoms with Crippen molar-refractivity contribution >= 4 is 27.5 Å². The molecule has 1 aromatic carbocycles. The largest absolute Gasteiger partial charge is 0.311 e. The van der Waals surface area contributed by atoms with E-state index in [2.05, 4.69) is 20.8 Å². The smallest absolute Gasteiger partial charge is 0.231 e. The zero-order chi connectivity index (χ0) is 11.7. The molecule has 0 unspecified atom stereocenters.